The summed E-state index contributed by atoms with van der Waals surface area (Å²) in [5, 5.41) is 2.09. The minimum Gasteiger partial charge on any atom is -0.496 e. The lowest BCUT2D eigenvalue weighted by Gasteiger charge is -2.17. The molecule has 0 bridgehead atoms. The van der Waals surface area contributed by atoms with Crippen LogP contribution in [-0.4, -0.2) is 7.11 Å². The van der Waals surface area contributed by atoms with Crippen molar-refractivity contribution < 1.29 is 4.74 Å². The number of aryl methyl sites for hydroxylation is 1. The Hall–Kier alpha value is -1.36. The van der Waals surface area contributed by atoms with Crippen LogP contribution in [0.3, 0.4) is 0 Å². The molecule has 0 spiro atoms. The van der Waals surface area contributed by atoms with Gasteiger partial charge in [-0.25, -0.2) is 0 Å². The van der Waals surface area contributed by atoms with Crippen LogP contribution in [0.25, 0.3) is 0 Å². The fourth-order valence-electron chi connectivity index (χ4n) is 2.06. The molecule has 0 amide bonds. The Morgan fingerprint density at radius 2 is 2.11 bits per heavy atom. The monoisotopic (exact) mass is 262 g/mol. The molecule has 2 rings (SSSR count). The van der Waals surface area contributed by atoms with E-state index in [9.17, 15) is 0 Å². The molecular formula is C14H18N2OS. The second-order valence-electron chi connectivity index (χ2n) is 4.20. The summed E-state index contributed by atoms with van der Waals surface area (Å²) >= 11 is 1.73. The fourth-order valence-corrected chi connectivity index (χ4v) is 3.05. The standard InChI is InChI=1S/C14H18N2OS/c1-10-7-8-18-14(10)12(16-15)9-11-5-3-4-6-13(11)17-2/h3-8,12,16H,9,15H2,1-2H3. The molecule has 18 heavy (non-hydrogen) atoms. The number of methoxy groups -OCH3 is 1. The smallest absolute Gasteiger partial charge is 0.122 e. The van der Waals surface area contributed by atoms with Crippen LogP contribution >= 0.6 is 11.3 Å². The second kappa shape index (κ2) is 6.00. The van der Waals surface area contributed by atoms with Crippen LogP contribution in [0.4, 0.5) is 0 Å². The third kappa shape index (κ3) is 2.72. The van der Waals surface area contributed by atoms with Crippen LogP contribution in [0, 0.1) is 6.92 Å². The van der Waals surface area contributed by atoms with Gasteiger partial charge < -0.3 is 4.74 Å². The maximum atomic E-state index is 5.69. The van der Waals surface area contributed by atoms with Gasteiger partial charge in [-0.15, -0.1) is 11.3 Å². The number of rotatable bonds is 5. The molecule has 0 aliphatic carbocycles. The first-order chi connectivity index (χ1) is 8.76. The van der Waals surface area contributed by atoms with E-state index in [2.05, 4.69) is 29.9 Å². The Labute approximate surface area is 112 Å². The Morgan fingerprint density at radius 1 is 1.33 bits per heavy atom. The van der Waals surface area contributed by atoms with Gasteiger partial charge in [0.15, 0.2) is 0 Å². The van der Waals surface area contributed by atoms with Gasteiger partial charge in [-0.05, 0) is 42.0 Å². The van der Waals surface area contributed by atoms with E-state index >= 15 is 0 Å². The zero-order chi connectivity index (χ0) is 13.0. The van der Waals surface area contributed by atoms with Crippen molar-refractivity contribution in [1.82, 2.24) is 5.43 Å². The third-order valence-corrected chi connectivity index (χ3v) is 4.17. The predicted octanol–water partition coefficient (Wildman–Crippen LogP) is 2.81. The number of benzene rings is 1. The van der Waals surface area contributed by atoms with Gasteiger partial charge in [0.05, 0.1) is 13.2 Å². The molecule has 1 unspecified atom stereocenters. The van der Waals surface area contributed by atoms with Gasteiger partial charge in [0.2, 0.25) is 0 Å². The SMILES string of the molecule is COc1ccccc1CC(NN)c1sccc1C. The molecule has 1 atom stereocenters. The Morgan fingerprint density at radius 3 is 2.72 bits per heavy atom. The van der Waals surface area contributed by atoms with Gasteiger partial charge in [0.25, 0.3) is 0 Å². The lowest BCUT2D eigenvalue weighted by molar-refractivity contribution is 0.406. The summed E-state index contributed by atoms with van der Waals surface area (Å²) in [7, 11) is 1.69. The van der Waals surface area contributed by atoms with Gasteiger partial charge in [0.1, 0.15) is 5.75 Å². The van der Waals surface area contributed by atoms with Gasteiger partial charge in [-0.2, -0.15) is 0 Å². The molecule has 3 nitrogen and oxygen atoms in total. The lowest BCUT2D eigenvalue weighted by Crippen LogP contribution is -2.29. The Bertz CT molecular complexity index is 510. The highest BCUT2D eigenvalue weighted by atomic mass is 32.1. The van der Waals surface area contributed by atoms with Gasteiger partial charge in [0, 0.05) is 4.88 Å². The summed E-state index contributed by atoms with van der Waals surface area (Å²) in [5.74, 6) is 6.60. The highest BCUT2D eigenvalue weighted by molar-refractivity contribution is 7.10. The van der Waals surface area contributed by atoms with Crippen molar-refractivity contribution in [2.24, 2.45) is 5.84 Å². The zero-order valence-electron chi connectivity index (χ0n) is 10.6. The minimum atomic E-state index is 0.126. The van der Waals surface area contributed by atoms with E-state index in [1.807, 2.05) is 18.2 Å². The predicted molar refractivity (Wildman–Crippen MR) is 75.8 cm³/mol. The first kappa shape index (κ1) is 13.1. The van der Waals surface area contributed by atoms with Crippen LogP contribution in [-0.2, 0) is 6.42 Å². The van der Waals surface area contributed by atoms with Crippen molar-refractivity contribution in [3.63, 3.8) is 0 Å². The minimum absolute atomic E-state index is 0.126. The molecule has 0 aliphatic rings. The summed E-state index contributed by atoms with van der Waals surface area (Å²) in [6, 6.07) is 10.3. The van der Waals surface area contributed by atoms with Crippen molar-refractivity contribution in [3.8, 4) is 5.75 Å². The van der Waals surface area contributed by atoms with Gasteiger partial charge in [-0.3, -0.25) is 11.3 Å². The molecule has 96 valence electrons. The molecule has 1 aromatic heterocycles. The molecule has 4 heteroatoms. The van der Waals surface area contributed by atoms with E-state index in [1.54, 1.807) is 18.4 Å². The Kier molecular flexibility index (Phi) is 4.36. The van der Waals surface area contributed by atoms with E-state index in [-0.39, 0.29) is 6.04 Å². The molecule has 1 heterocycles. The third-order valence-electron chi connectivity index (χ3n) is 3.04. The van der Waals surface area contributed by atoms with Crippen LogP contribution in [0.2, 0.25) is 0 Å². The molecule has 0 saturated carbocycles. The van der Waals surface area contributed by atoms with Crippen molar-refractivity contribution in [1.29, 1.82) is 0 Å². The first-order valence-electron chi connectivity index (χ1n) is 5.88. The van der Waals surface area contributed by atoms with Crippen molar-refractivity contribution >= 4 is 11.3 Å². The van der Waals surface area contributed by atoms with E-state index in [4.69, 9.17) is 10.6 Å². The van der Waals surface area contributed by atoms with Crippen molar-refractivity contribution in [2.75, 3.05) is 7.11 Å². The number of thiophene rings is 1. The van der Waals surface area contributed by atoms with Crippen LogP contribution in [0.15, 0.2) is 35.7 Å². The topological polar surface area (TPSA) is 47.3 Å². The highest BCUT2D eigenvalue weighted by Gasteiger charge is 2.16. The number of hydrazine groups is 1. The van der Waals surface area contributed by atoms with Gasteiger partial charge >= 0.3 is 0 Å². The molecule has 0 radical (unpaired) electrons. The summed E-state index contributed by atoms with van der Waals surface area (Å²) in [6.07, 6.45) is 0.821. The Balaban J connectivity index is 2.23. The number of nitrogens with two attached hydrogens (primary N) is 1. The molecular weight excluding hydrogens is 244 g/mol. The van der Waals surface area contributed by atoms with Crippen molar-refractivity contribution in [3.05, 3.63) is 51.7 Å². The van der Waals surface area contributed by atoms with E-state index in [1.165, 1.54) is 10.4 Å². The average Bonchev–Trinajstić information content (AvgIpc) is 2.82. The molecule has 0 saturated heterocycles. The molecule has 0 fully saturated rings. The van der Waals surface area contributed by atoms with Crippen LogP contribution in [0.1, 0.15) is 22.0 Å². The molecule has 0 aliphatic heterocycles. The maximum Gasteiger partial charge on any atom is 0.122 e. The maximum absolute atomic E-state index is 5.69. The average molecular weight is 262 g/mol. The van der Waals surface area contributed by atoms with E-state index < -0.39 is 0 Å². The second-order valence-corrected chi connectivity index (χ2v) is 5.15. The summed E-state index contributed by atoms with van der Waals surface area (Å²) in [6.45, 7) is 2.11. The first-order valence-corrected chi connectivity index (χ1v) is 6.76. The quantitative estimate of drug-likeness (QED) is 0.643. The molecule has 3 N–H and O–H groups in total. The molecule has 2 aromatic rings. The number of hydrogen-bond acceptors (Lipinski definition) is 4. The van der Waals surface area contributed by atoms with Crippen LogP contribution in [0.5, 0.6) is 5.75 Å². The van der Waals surface area contributed by atoms with Crippen LogP contribution < -0.4 is 16.0 Å². The van der Waals surface area contributed by atoms with Gasteiger partial charge in [-0.1, -0.05) is 18.2 Å². The highest BCUT2D eigenvalue weighted by Crippen LogP contribution is 2.29. The van der Waals surface area contributed by atoms with E-state index in [0.29, 0.717) is 0 Å². The lowest BCUT2D eigenvalue weighted by atomic mass is 10.0. The number of nitrogens with one attached hydrogen (secondary N) is 1. The van der Waals surface area contributed by atoms with E-state index in [0.717, 1.165) is 17.7 Å². The largest absolute Gasteiger partial charge is 0.496 e. The summed E-state index contributed by atoms with van der Waals surface area (Å²) in [5.41, 5.74) is 5.34. The number of hydrogen-bond donors (Lipinski definition) is 2. The molecule has 1 aromatic carbocycles. The normalized spacial score (nSPS) is 12.4. The summed E-state index contributed by atoms with van der Waals surface area (Å²) in [4.78, 5) is 1.28. The number of para-hydroxylation sites is 1. The number of ether oxygens (including phenoxy) is 1. The van der Waals surface area contributed by atoms with Crippen molar-refractivity contribution in [2.45, 2.75) is 19.4 Å². The summed E-state index contributed by atoms with van der Waals surface area (Å²) < 4.78 is 5.37. The fraction of sp³-hybridized carbons (Fsp3) is 0.286. The zero-order valence-corrected chi connectivity index (χ0v) is 11.5.